The minimum Gasteiger partial charge on any atom is -0.497 e. The van der Waals surface area contributed by atoms with Crippen molar-refractivity contribution in [2.24, 2.45) is 0 Å². The number of hydrogen-bond donors (Lipinski definition) is 1. The second-order valence-electron chi connectivity index (χ2n) is 6.72. The maximum Gasteiger partial charge on any atom is 0.336 e. The molecule has 0 atom stereocenters. The number of amides is 1. The van der Waals surface area contributed by atoms with Crippen LogP contribution in [-0.2, 0) is 0 Å². The molecule has 0 aliphatic rings. The van der Waals surface area contributed by atoms with Crippen LogP contribution in [0, 0.1) is 6.92 Å². The number of rotatable bonds is 4. The number of benzene rings is 3. The van der Waals surface area contributed by atoms with Crippen LogP contribution in [0.1, 0.15) is 15.9 Å². The van der Waals surface area contributed by atoms with E-state index in [4.69, 9.17) is 9.15 Å². The van der Waals surface area contributed by atoms with Crippen molar-refractivity contribution in [2.45, 2.75) is 6.92 Å². The fraction of sp³-hybridized carbons (Fsp3) is 0.0833. The van der Waals surface area contributed by atoms with Gasteiger partial charge in [-0.25, -0.2) is 4.79 Å². The minimum absolute atomic E-state index is 0.193. The highest BCUT2D eigenvalue weighted by atomic mass is 16.5. The number of carbonyl (C=O) groups is 1. The van der Waals surface area contributed by atoms with Crippen LogP contribution < -0.4 is 15.7 Å². The number of hydrogen-bond acceptors (Lipinski definition) is 4. The maximum atomic E-state index is 12.5. The second kappa shape index (κ2) is 7.64. The number of carbonyl (C=O) groups excluding carboxylic acids is 1. The summed E-state index contributed by atoms with van der Waals surface area (Å²) < 4.78 is 10.4. The molecule has 1 aromatic heterocycles. The van der Waals surface area contributed by atoms with Gasteiger partial charge in [-0.2, -0.15) is 0 Å². The summed E-state index contributed by atoms with van der Waals surface area (Å²) in [6.07, 6.45) is 0. The first-order valence-electron chi connectivity index (χ1n) is 9.14. The highest BCUT2D eigenvalue weighted by Crippen LogP contribution is 2.26. The molecule has 0 aliphatic carbocycles. The smallest absolute Gasteiger partial charge is 0.336 e. The van der Waals surface area contributed by atoms with Crippen molar-refractivity contribution in [3.05, 3.63) is 94.3 Å². The Bertz CT molecular complexity index is 1240. The molecule has 0 spiro atoms. The van der Waals surface area contributed by atoms with Crippen LogP contribution in [0.25, 0.3) is 22.1 Å². The summed E-state index contributed by atoms with van der Waals surface area (Å²) in [6, 6.07) is 21.7. The lowest BCUT2D eigenvalue weighted by Crippen LogP contribution is -2.11. The van der Waals surface area contributed by atoms with E-state index >= 15 is 0 Å². The van der Waals surface area contributed by atoms with Crippen LogP contribution >= 0.6 is 0 Å². The van der Waals surface area contributed by atoms with E-state index in [0.717, 1.165) is 27.8 Å². The van der Waals surface area contributed by atoms with Gasteiger partial charge in [0.25, 0.3) is 5.91 Å². The van der Waals surface area contributed by atoms with Gasteiger partial charge in [-0.3, -0.25) is 4.79 Å². The van der Waals surface area contributed by atoms with E-state index in [-0.39, 0.29) is 11.5 Å². The Balaban J connectivity index is 1.56. The molecule has 1 heterocycles. The Hall–Kier alpha value is -3.86. The number of aryl methyl sites for hydroxylation is 1. The fourth-order valence-corrected chi connectivity index (χ4v) is 3.20. The minimum atomic E-state index is -0.363. The van der Waals surface area contributed by atoms with Gasteiger partial charge in [-0.05, 0) is 66.1 Å². The maximum absolute atomic E-state index is 12.5. The summed E-state index contributed by atoms with van der Waals surface area (Å²) in [6.45, 7) is 1.88. The average Bonchev–Trinajstić information content (AvgIpc) is 2.74. The topological polar surface area (TPSA) is 68.5 Å². The highest BCUT2D eigenvalue weighted by molar-refractivity contribution is 6.04. The Morgan fingerprint density at radius 2 is 1.59 bits per heavy atom. The number of methoxy groups -OCH3 is 1. The van der Waals surface area contributed by atoms with E-state index in [1.807, 2.05) is 37.3 Å². The number of ether oxygens (including phenoxy) is 1. The van der Waals surface area contributed by atoms with Crippen molar-refractivity contribution >= 4 is 22.6 Å². The number of nitrogens with one attached hydrogen (secondary N) is 1. The summed E-state index contributed by atoms with van der Waals surface area (Å²) >= 11 is 0. The first kappa shape index (κ1) is 18.5. The molecular weight excluding hydrogens is 366 g/mol. The van der Waals surface area contributed by atoms with Crippen molar-refractivity contribution in [3.8, 4) is 16.9 Å². The normalized spacial score (nSPS) is 10.7. The molecule has 0 fully saturated rings. The zero-order valence-corrected chi connectivity index (χ0v) is 16.1. The molecule has 4 rings (SSSR count). The molecule has 5 heteroatoms. The summed E-state index contributed by atoms with van der Waals surface area (Å²) in [4.78, 5) is 24.1. The predicted molar refractivity (Wildman–Crippen MR) is 114 cm³/mol. The Kier molecular flexibility index (Phi) is 4.87. The lowest BCUT2D eigenvalue weighted by Gasteiger charge is -2.08. The van der Waals surface area contributed by atoms with Gasteiger partial charge in [0, 0.05) is 22.7 Å². The Labute approximate surface area is 167 Å². The molecule has 1 N–H and O–H groups in total. The van der Waals surface area contributed by atoms with Crippen molar-refractivity contribution < 1.29 is 13.9 Å². The van der Waals surface area contributed by atoms with Gasteiger partial charge in [0.05, 0.1) is 7.11 Å². The fourth-order valence-electron chi connectivity index (χ4n) is 3.20. The third-order valence-electron chi connectivity index (χ3n) is 4.78. The third-order valence-corrected chi connectivity index (χ3v) is 4.78. The summed E-state index contributed by atoms with van der Waals surface area (Å²) in [5.74, 6) is 0.538. The molecule has 0 radical (unpaired) electrons. The molecule has 0 saturated heterocycles. The van der Waals surface area contributed by atoms with Gasteiger partial charge < -0.3 is 14.5 Å². The highest BCUT2D eigenvalue weighted by Gasteiger charge is 2.09. The zero-order chi connectivity index (χ0) is 20.4. The first-order chi connectivity index (χ1) is 14.0. The molecule has 144 valence electrons. The molecule has 5 nitrogen and oxygen atoms in total. The van der Waals surface area contributed by atoms with E-state index in [1.54, 1.807) is 43.5 Å². The van der Waals surface area contributed by atoms with Crippen LogP contribution in [0.3, 0.4) is 0 Å². The van der Waals surface area contributed by atoms with Crippen molar-refractivity contribution in [2.75, 3.05) is 12.4 Å². The van der Waals surface area contributed by atoms with Crippen LogP contribution in [0.15, 0.2) is 82.0 Å². The van der Waals surface area contributed by atoms with Gasteiger partial charge in [0.1, 0.15) is 11.3 Å². The third kappa shape index (κ3) is 3.89. The lowest BCUT2D eigenvalue weighted by molar-refractivity contribution is 0.102. The van der Waals surface area contributed by atoms with Gasteiger partial charge in [-0.1, -0.05) is 24.3 Å². The first-order valence-corrected chi connectivity index (χ1v) is 9.14. The zero-order valence-electron chi connectivity index (χ0n) is 16.1. The van der Waals surface area contributed by atoms with E-state index in [0.29, 0.717) is 16.8 Å². The Morgan fingerprint density at radius 1 is 0.897 bits per heavy atom. The van der Waals surface area contributed by atoms with Crippen LogP contribution in [-0.4, -0.2) is 13.0 Å². The summed E-state index contributed by atoms with van der Waals surface area (Å²) in [7, 11) is 1.60. The van der Waals surface area contributed by atoms with E-state index in [2.05, 4.69) is 5.32 Å². The molecule has 0 aliphatic heterocycles. The predicted octanol–water partition coefficient (Wildman–Crippen LogP) is 5.03. The lowest BCUT2D eigenvalue weighted by atomic mass is 10.0. The van der Waals surface area contributed by atoms with Crippen LogP contribution in [0.5, 0.6) is 5.75 Å². The van der Waals surface area contributed by atoms with E-state index < -0.39 is 0 Å². The molecule has 0 saturated carbocycles. The largest absolute Gasteiger partial charge is 0.497 e. The SMILES string of the molecule is COc1ccc(NC(=O)c2ccc(-c3ccc4c(C)cc(=O)oc4c3)cc2)cc1. The van der Waals surface area contributed by atoms with Gasteiger partial charge in [0.2, 0.25) is 0 Å². The van der Waals surface area contributed by atoms with Crippen LogP contribution in [0.4, 0.5) is 5.69 Å². The van der Waals surface area contributed by atoms with Gasteiger partial charge in [0.15, 0.2) is 0 Å². The number of anilines is 1. The second-order valence-corrected chi connectivity index (χ2v) is 6.72. The van der Waals surface area contributed by atoms with Crippen molar-refractivity contribution in [1.82, 2.24) is 0 Å². The standard InChI is InChI=1S/C24H19NO4/c1-15-13-23(26)29-22-14-18(7-12-21(15)22)16-3-5-17(6-4-16)24(27)25-19-8-10-20(28-2)11-9-19/h3-14H,1-2H3,(H,25,27). The van der Waals surface area contributed by atoms with Crippen molar-refractivity contribution in [1.29, 1.82) is 0 Å². The summed E-state index contributed by atoms with van der Waals surface area (Å²) in [5, 5.41) is 3.77. The van der Waals surface area contributed by atoms with E-state index in [9.17, 15) is 9.59 Å². The van der Waals surface area contributed by atoms with Crippen LogP contribution in [0.2, 0.25) is 0 Å². The van der Waals surface area contributed by atoms with Gasteiger partial charge >= 0.3 is 5.63 Å². The molecule has 0 bridgehead atoms. The molecule has 1 amide bonds. The molecule has 4 aromatic rings. The molecule has 3 aromatic carbocycles. The average molecular weight is 385 g/mol. The summed E-state index contributed by atoms with van der Waals surface area (Å²) in [5.41, 5.74) is 4.15. The monoisotopic (exact) mass is 385 g/mol. The van der Waals surface area contributed by atoms with Gasteiger partial charge in [-0.15, -0.1) is 0 Å². The molecule has 29 heavy (non-hydrogen) atoms. The quantitative estimate of drug-likeness (QED) is 0.500. The molecular formula is C24H19NO4. The number of fused-ring (bicyclic) bond motifs is 1. The molecule has 0 unspecified atom stereocenters. The van der Waals surface area contributed by atoms with Crippen molar-refractivity contribution in [3.63, 3.8) is 0 Å². The van der Waals surface area contributed by atoms with E-state index in [1.165, 1.54) is 6.07 Å². The Morgan fingerprint density at radius 3 is 2.28 bits per heavy atom.